The molecule has 19 heteroatoms. The van der Waals surface area contributed by atoms with E-state index < -0.39 is 61.0 Å². The number of nitrogens with two attached hydrogens (primary N) is 1. The van der Waals surface area contributed by atoms with E-state index in [2.05, 4.69) is 18.1 Å². The first-order valence-electron chi connectivity index (χ1n) is 6.88. The molecule has 1 aliphatic heterocycles. The number of nitrogens with zero attached hydrogens (tertiary/aromatic N) is 2. The van der Waals surface area contributed by atoms with Crippen molar-refractivity contribution >= 4 is 30.2 Å². The Bertz CT molecular complexity index is 882. The number of hydrogen-bond donors (Lipinski definition) is 4. The van der Waals surface area contributed by atoms with Crippen molar-refractivity contribution in [3.05, 3.63) is 22.7 Å². The summed E-state index contributed by atoms with van der Waals surface area (Å²) in [7, 11) is -12.3. The van der Waals surface area contributed by atoms with E-state index in [1.54, 1.807) is 0 Å². The van der Waals surface area contributed by atoms with Gasteiger partial charge in [0.25, 0.3) is 0 Å². The van der Waals surface area contributed by atoms with Gasteiger partial charge in [-0.05, 0) is 6.07 Å². The predicted octanol–water partition coefficient (Wildman–Crippen LogP) is 0.176. The number of anilines is 1. The summed E-state index contributed by atoms with van der Waals surface area (Å²) in [5.74, 6) is -4.25. The minimum atomic E-state index is -5.24. The SMILES string of the molecule is Nc1ccn(C2OC(CO[P+](=O)OP(=O)(O)O[P+](=O)O)C(O)C2(F)F)c(=O)n1. The van der Waals surface area contributed by atoms with Gasteiger partial charge in [0.15, 0.2) is 6.10 Å². The molecule has 1 aliphatic rings. The number of halogens is 2. The van der Waals surface area contributed by atoms with Crippen molar-refractivity contribution < 1.29 is 55.3 Å². The molecular weight excluding hydrogens is 457 g/mol. The summed E-state index contributed by atoms with van der Waals surface area (Å²) in [5, 5.41) is 9.71. The van der Waals surface area contributed by atoms with Crippen LogP contribution in [0.3, 0.4) is 0 Å². The van der Waals surface area contributed by atoms with E-state index in [1.807, 2.05) is 0 Å². The molecule has 14 nitrogen and oxygen atoms in total. The molecule has 0 bridgehead atoms. The van der Waals surface area contributed by atoms with Crippen molar-refractivity contribution in [2.45, 2.75) is 24.4 Å². The molecular formula is C9H12F2N3O11P3+2. The summed E-state index contributed by atoms with van der Waals surface area (Å²) in [4.78, 5) is 32.3. The molecule has 1 aromatic rings. The molecule has 0 spiro atoms. The number of ether oxygens (including phenoxy) is 1. The second kappa shape index (κ2) is 8.59. The minimum Gasteiger partial charge on any atom is -0.384 e. The lowest BCUT2D eigenvalue weighted by Crippen LogP contribution is -2.41. The van der Waals surface area contributed by atoms with Gasteiger partial charge in [0.2, 0.25) is 6.23 Å². The number of phosphoric acid groups is 1. The van der Waals surface area contributed by atoms with Crippen molar-refractivity contribution in [1.82, 2.24) is 9.55 Å². The van der Waals surface area contributed by atoms with E-state index in [1.165, 1.54) is 0 Å². The van der Waals surface area contributed by atoms with Crippen molar-refractivity contribution in [3.63, 3.8) is 0 Å². The summed E-state index contributed by atoms with van der Waals surface area (Å²) in [5.41, 5.74) is 4.06. The average molecular weight is 469 g/mol. The maximum atomic E-state index is 14.2. The summed E-state index contributed by atoms with van der Waals surface area (Å²) < 4.78 is 78.4. The van der Waals surface area contributed by atoms with E-state index in [9.17, 15) is 32.4 Å². The highest BCUT2D eigenvalue weighted by atomic mass is 31.3. The molecule has 6 unspecified atom stereocenters. The number of hydrogen-bond acceptors (Lipinski definition) is 11. The smallest absolute Gasteiger partial charge is 0.384 e. The third kappa shape index (κ3) is 5.39. The lowest BCUT2D eigenvalue weighted by Gasteiger charge is -2.20. The first kappa shape index (κ1) is 23.0. The van der Waals surface area contributed by atoms with Gasteiger partial charge in [0.05, 0.1) is 0 Å². The van der Waals surface area contributed by atoms with Crippen LogP contribution in [0.5, 0.6) is 0 Å². The molecule has 1 fully saturated rings. The summed E-state index contributed by atoms with van der Waals surface area (Å²) >= 11 is 0. The fourth-order valence-electron chi connectivity index (χ4n) is 2.06. The number of aliphatic hydroxyl groups excluding tert-OH is 1. The van der Waals surface area contributed by atoms with Crippen LogP contribution >= 0.6 is 24.3 Å². The Kier molecular flexibility index (Phi) is 7.05. The molecule has 1 aromatic heterocycles. The van der Waals surface area contributed by atoms with Crippen LogP contribution in [0, 0.1) is 0 Å². The molecule has 156 valence electrons. The number of nitrogen functional groups attached to an aromatic ring is 1. The highest BCUT2D eigenvalue weighted by Gasteiger charge is 2.60. The molecule has 0 radical (unpaired) electrons. The topological polar surface area (TPSA) is 210 Å². The summed E-state index contributed by atoms with van der Waals surface area (Å²) in [6.07, 6.45) is -5.82. The fraction of sp³-hybridized carbons (Fsp3) is 0.556. The zero-order valence-electron chi connectivity index (χ0n) is 13.3. The molecule has 5 N–H and O–H groups in total. The molecule has 28 heavy (non-hydrogen) atoms. The Hall–Kier alpha value is -1.31. The van der Waals surface area contributed by atoms with E-state index in [4.69, 9.17) is 20.3 Å². The van der Waals surface area contributed by atoms with Gasteiger partial charge in [0, 0.05) is 23.9 Å². The molecule has 0 saturated carbocycles. The highest BCUT2D eigenvalue weighted by Crippen LogP contribution is 2.57. The zero-order valence-corrected chi connectivity index (χ0v) is 16.0. The second-order valence-electron chi connectivity index (χ2n) is 5.08. The van der Waals surface area contributed by atoms with Gasteiger partial charge in [-0.2, -0.15) is 13.8 Å². The predicted molar refractivity (Wildman–Crippen MR) is 83.2 cm³/mol. The zero-order chi connectivity index (χ0) is 21.3. The second-order valence-corrected chi connectivity index (χ2v) is 8.50. The van der Waals surface area contributed by atoms with Crippen molar-refractivity contribution in [2.75, 3.05) is 12.3 Å². The Labute approximate surface area is 155 Å². The Morgan fingerprint density at radius 2 is 2.07 bits per heavy atom. The molecule has 0 aromatic carbocycles. The molecule has 2 rings (SSSR count). The molecule has 0 amide bonds. The number of alkyl halides is 2. The van der Waals surface area contributed by atoms with Gasteiger partial charge in [0.1, 0.15) is 18.5 Å². The van der Waals surface area contributed by atoms with Crippen LogP contribution in [-0.2, 0) is 31.6 Å². The van der Waals surface area contributed by atoms with Gasteiger partial charge >= 0.3 is 35.9 Å². The number of aromatic nitrogens is 2. The lowest BCUT2D eigenvalue weighted by molar-refractivity contribution is -0.140. The van der Waals surface area contributed by atoms with E-state index in [-0.39, 0.29) is 5.82 Å². The summed E-state index contributed by atoms with van der Waals surface area (Å²) in [6, 6.07) is 1.03. The standard InChI is InChI=1S/C9H10F2N3O11P3/c10-9(11)6(15)4(3-22-27(19)25-28(20,21)24-26(17)18)23-7(9)14-2-1-5(12)13-8(14)16/h1-2,4,6-7,15H,3H2,(H2-2,12,13,16,17,18,20,21)/p+2. The van der Waals surface area contributed by atoms with Crippen LogP contribution < -0.4 is 11.4 Å². The number of rotatable bonds is 8. The van der Waals surface area contributed by atoms with Crippen molar-refractivity contribution in [1.29, 1.82) is 0 Å². The van der Waals surface area contributed by atoms with Gasteiger partial charge in [-0.3, -0.25) is 9.46 Å². The Morgan fingerprint density at radius 3 is 2.64 bits per heavy atom. The monoisotopic (exact) mass is 469 g/mol. The summed E-state index contributed by atoms with van der Waals surface area (Å²) in [6.45, 7) is -1.04. The van der Waals surface area contributed by atoms with E-state index >= 15 is 0 Å². The van der Waals surface area contributed by atoms with Crippen LogP contribution in [0.1, 0.15) is 6.23 Å². The van der Waals surface area contributed by atoms with Crippen LogP contribution in [0.4, 0.5) is 14.6 Å². The quantitative estimate of drug-likeness (QED) is 0.375. The molecule has 6 atom stereocenters. The van der Waals surface area contributed by atoms with Gasteiger partial charge in [-0.1, -0.05) is 0 Å². The Balaban J connectivity index is 2.05. The van der Waals surface area contributed by atoms with Gasteiger partial charge in [-0.25, -0.2) is 9.36 Å². The van der Waals surface area contributed by atoms with Crippen molar-refractivity contribution in [2.24, 2.45) is 0 Å². The maximum Gasteiger partial charge on any atom is 0.708 e. The first-order chi connectivity index (χ1) is 12.8. The fourth-order valence-corrected chi connectivity index (χ4v) is 4.28. The molecule has 0 aliphatic carbocycles. The molecule has 1 saturated heterocycles. The first-order valence-corrected chi connectivity index (χ1v) is 10.6. The van der Waals surface area contributed by atoms with E-state index in [0.29, 0.717) is 4.57 Å². The third-order valence-corrected chi connectivity index (χ3v) is 6.27. The van der Waals surface area contributed by atoms with Crippen molar-refractivity contribution in [3.8, 4) is 0 Å². The average Bonchev–Trinajstić information content (AvgIpc) is 2.74. The van der Waals surface area contributed by atoms with Gasteiger partial charge in [-0.15, -0.1) is 9.42 Å². The van der Waals surface area contributed by atoms with Gasteiger partial charge < -0.3 is 15.6 Å². The van der Waals surface area contributed by atoms with Crippen LogP contribution in [0.2, 0.25) is 0 Å². The van der Waals surface area contributed by atoms with Crippen LogP contribution in [0.25, 0.3) is 0 Å². The van der Waals surface area contributed by atoms with Crippen LogP contribution in [-0.4, -0.2) is 49.2 Å². The minimum absolute atomic E-state index is 0.239. The van der Waals surface area contributed by atoms with Crippen LogP contribution in [0.15, 0.2) is 17.1 Å². The largest absolute Gasteiger partial charge is 0.708 e. The highest BCUT2D eigenvalue weighted by molar-refractivity contribution is 7.61. The maximum absolute atomic E-state index is 14.2. The van der Waals surface area contributed by atoms with E-state index in [0.717, 1.165) is 12.3 Å². The molecule has 2 heterocycles. The third-order valence-electron chi connectivity index (χ3n) is 3.17. The lowest BCUT2D eigenvalue weighted by atomic mass is 10.1. The number of aliphatic hydroxyl groups is 1. The normalized spacial score (nSPS) is 27.2. The Morgan fingerprint density at radius 1 is 1.43 bits per heavy atom.